The third-order valence-electron chi connectivity index (χ3n) is 3.12. The lowest BCUT2D eigenvalue weighted by molar-refractivity contribution is 0.518. The van der Waals surface area contributed by atoms with Gasteiger partial charge in [0.15, 0.2) is 0 Å². The van der Waals surface area contributed by atoms with Gasteiger partial charge in [-0.25, -0.2) is 4.39 Å². The Kier molecular flexibility index (Phi) is 2.66. The van der Waals surface area contributed by atoms with Crippen LogP contribution in [0.2, 0.25) is 0 Å². The molecular formula is C13H19FN2. The van der Waals surface area contributed by atoms with Crippen LogP contribution in [-0.4, -0.2) is 6.54 Å². The molecule has 0 fully saturated rings. The number of nitrogens with two attached hydrogens (primary N) is 1. The van der Waals surface area contributed by atoms with Crippen molar-refractivity contribution in [1.82, 2.24) is 0 Å². The summed E-state index contributed by atoms with van der Waals surface area (Å²) in [7, 11) is 0. The number of halogens is 1. The van der Waals surface area contributed by atoms with Gasteiger partial charge in [0.25, 0.3) is 0 Å². The summed E-state index contributed by atoms with van der Waals surface area (Å²) in [5.74, 6) is -0.146. The average molecular weight is 222 g/mol. The number of anilines is 1. The van der Waals surface area contributed by atoms with Gasteiger partial charge in [-0.1, -0.05) is 20.8 Å². The van der Waals surface area contributed by atoms with Crippen molar-refractivity contribution in [3.8, 4) is 0 Å². The predicted molar refractivity (Wildman–Crippen MR) is 65.1 cm³/mol. The number of hydrogen-bond acceptors (Lipinski definition) is 2. The van der Waals surface area contributed by atoms with E-state index in [2.05, 4.69) is 5.32 Å². The van der Waals surface area contributed by atoms with Crippen molar-refractivity contribution in [2.75, 3.05) is 11.9 Å². The number of benzene rings is 1. The first kappa shape index (κ1) is 11.4. The van der Waals surface area contributed by atoms with Gasteiger partial charge in [-0.15, -0.1) is 0 Å². The van der Waals surface area contributed by atoms with Crippen LogP contribution in [0.25, 0.3) is 0 Å². The molecule has 0 amide bonds. The molecule has 2 nitrogen and oxygen atoms in total. The molecule has 0 radical (unpaired) electrons. The molecule has 0 saturated heterocycles. The highest BCUT2D eigenvalue weighted by Crippen LogP contribution is 2.34. The number of rotatable bonds is 0. The van der Waals surface area contributed by atoms with Gasteiger partial charge in [0.2, 0.25) is 0 Å². The highest BCUT2D eigenvalue weighted by molar-refractivity contribution is 5.57. The van der Waals surface area contributed by atoms with Crippen molar-refractivity contribution in [3.63, 3.8) is 0 Å². The molecule has 0 bridgehead atoms. The molecule has 0 saturated carbocycles. The largest absolute Gasteiger partial charge is 0.385 e. The van der Waals surface area contributed by atoms with Crippen LogP contribution >= 0.6 is 0 Å². The first-order valence-electron chi connectivity index (χ1n) is 5.73. The van der Waals surface area contributed by atoms with Crippen molar-refractivity contribution in [1.29, 1.82) is 0 Å². The second kappa shape index (κ2) is 3.74. The summed E-state index contributed by atoms with van der Waals surface area (Å²) in [5.41, 5.74) is 8.49. The van der Waals surface area contributed by atoms with Crippen LogP contribution in [0.1, 0.15) is 44.4 Å². The van der Waals surface area contributed by atoms with E-state index in [-0.39, 0.29) is 17.3 Å². The average Bonchev–Trinajstić information content (AvgIpc) is 2.15. The fourth-order valence-electron chi connectivity index (χ4n) is 2.14. The van der Waals surface area contributed by atoms with Crippen LogP contribution < -0.4 is 11.1 Å². The van der Waals surface area contributed by atoms with E-state index in [0.717, 1.165) is 29.8 Å². The molecule has 1 atom stereocenters. The highest BCUT2D eigenvalue weighted by atomic mass is 19.1. The zero-order valence-corrected chi connectivity index (χ0v) is 10.1. The third-order valence-corrected chi connectivity index (χ3v) is 3.12. The SMILES string of the molecule is CC(C)(C)c1cc2c(cc1F)NCC[C@@H]2N. The number of hydrogen-bond donors (Lipinski definition) is 2. The van der Waals surface area contributed by atoms with Crippen molar-refractivity contribution in [3.05, 3.63) is 29.1 Å². The molecule has 1 aliphatic heterocycles. The summed E-state index contributed by atoms with van der Waals surface area (Å²) in [4.78, 5) is 0. The van der Waals surface area contributed by atoms with E-state index in [9.17, 15) is 4.39 Å². The van der Waals surface area contributed by atoms with E-state index >= 15 is 0 Å². The van der Waals surface area contributed by atoms with Crippen molar-refractivity contribution in [2.45, 2.75) is 38.6 Å². The fourth-order valence-corrected chi connectivity index (χ4v) is 2.14. The Morgan fingerprint density at radius 1 is 1.38 bits per heavy atom. The van der Waals surface area contributed by atoms with Gasteiger partial charge in [0.05, 0.1) is 0 Å². The van der Waals surface area contributed by atoms with Gasteiger partial charge in [0.1, 0.15) is 5.82 Å². The first-order chi connectivity index (χ1) is 7.39. The lowest BCUT2D eigenvalue weighted by Crippen LogP contribution is -2.24. The van der Waals surface area contributed by atoms with Gasteiger partial charge in [0, 0.05) is 18.3 Å². The minimum atomic E-state index is -0.184. The Morgan fingerprint density at radius 3 is 2.69 bits per heavy atom. The third kappa shape index (κ3) is 1.92. The normalized spacial score (nSPS) is 20.2. The molecule has 16 heavy (non-hydrogen) atoms. The zero-order chi connectivity index (χ0) is 11.9. The topological polar surface area (TPSA) is 38.0 Å². The summed E-state index contributed by atoms with van der Waals surface area (Å²) in [5, 5.41) is 3.19. The molecule has 0 aromatic heterocycles. The molecule has 0 aliphatic carbocycles. The van der Waals surface area contributed by atoms with Crippen LogP contribution in [-0.2, 0) is 5.41 Å². The lowest BCUT2D eigenvalue weighted by atomic mass is 9.83. The van der Waals surface area contributed by atoms with Crippen molar-refractivity contribution in [2.24, 2.45) is 5.73 Å². The maximum Gasteiger partial charge on any atom is 0.129 e. The minimum absolute atomic E-state index is 0.0259. The van der Waals surface area contributed by atoms with Crippen molar-refractivity contribution < 1.29 is 4.39 Å². The zero-order valence-electron chi connectivity index (χ0n) is 10.1. The Morgan fingerprint density at radius 2 is 2.06 bits per heavy atom. The van der Waals surface area contributed by atoms with E-state index in [1.165, 1.54) is 0 Å². The Bertz CT molecular complexity index is 407. The minimum Gasteiger partial charge on any atom is -0.385 e. The summed E-state index contributed by atoms with van der Waals surface area (Å²) in [6.45, 7) is 6.86. The molecule has 1 heterocycles. The molecule has 1 aromatic rings. The molecule has 1 aromatic carbocycles. The number of nitrogens with one attached hydrogen (secondary N) is 1. The van der Waals surface area contributed by atoms with E-state index in [0.29, 0.717) is 0 Å². The Labute approximate surface area is 96.0 Å². The van der Waals surface area contributed by atoms with Crippen LogP contribution in [0, 0.1) is 5.82 Å². The summed E-state index contributed by atoms with van der Waals surface area (Å²) >= 11 is 0. The molecule has 1 aliphatic rings. The summed E-state index contributed by atoms with van der Waals surface area (Å²) < 4.78 is 13.9. The standard InChI is InChI=1S/C13H19FN2/c1-13(2,3)9-6-8-11(15)4-5-16-12(8)7-10(9)14/h6-7,11,16H,4-5,15H2,1-3H3/t11-/m0/s1. The molecular weight excluding hydrogens is 203 g/mol. The molecule has 3 heteroatoms. The van der Waals surface area contributed by atoms with Gasteiger partial charge in [-0.05, 0) is 35.1 Å². The molecule has 88 valence electrons. The number of fused-ring (bicyclic) bond motifs is 1. The van der Waals surface area contributed by atoms with Crippen LogP contribution in [0.15, 0.2) is 12.1 Å². The second-order valence-corrected chi connectivity index (χ2v) is 5.49. The lowest BCUT2D eigenvalue weighted by Gasteiger charge is -2.28. The van der Waals surface area contributed by atoms with Crippen LogP contribution in [0.3, 0.4) is 0 Å². The molecule has 0 unspecified atom stereocenters. The fraction of sp³-hybridized carbons (Fsp3) is 0.538. The smallest absolute Gasteiger partial charge is 0.129 e. The molecule has 0 spiro atoms. The summed E-state index contributed by atoms with van der Waals surface area (Å²) in [6.07, 6.45) is 0.905. The highest BCUT2D eigenvalue weighted by Gasteiger charge is 2.24. The van der Waals surface area contributed by atoms with E-state index in [1.54, 1.807) is 6.07 Å². The monoisotopic (exact) mass is 222 g/mol. The van der Waals surface area contributed by atoms with Crippen LogP contribution in [0.5, 0.6) is 0 Å². The Balaban J connectivity index is 2.54. The quantitative estimate of drug-likeness (QED) is 0.708. The summed E-state index contributed by atoms with van der Waals surface area (Å²) in [6, 6.07) is 3.52. The maximum absolute atomic E-state index is 13.9. The molecule has 3 N–H and O–H groups in total. The molecule has 2 rings (SSSR count). The second-order valence-electron chi connectivity index (χ2n) is 5.49. The Hall–Kier alpha value is -1.09. The van der Waals surface area contributed by atoms with E-state index in [4.69, 9.17) is 5.73 Å². The van der Waals surface area contributed by atoms with Gasteiger partial charge in [-0.3, -0.25) is 0 Å². The predicted octanol–water partition coefficient (Wildman–Crippen LogP) is 2.94. The van der Waals surface area contributed by atoms with Crippen molar-refractivity contribution >= 4 is 5.69 Å². The van der Waals surface area contributed by atoms with Gasteiger partial charge >= 0.3 is 0 Å². The van der Waals surface area contributed by atoms with E-state index in [1.807, 2.05) is 26.8 Å². The van der Waals surface area contributed by atoms with Crippen LogP contribution in [0.4, 0.5) is 10.1 Å². The maximum atomic E-state index is 13.9. The first-order valence-corrected chi connectivity index (χ1v) is 5.73. The van der Waals surface area contributed by atoms with Gasteiger partial charge < -0.3 is 11.1 Å². The van der Waals surface area contributed by atoms with Gasteiger partial charge in [-0.2, -0.15) is 0 Å². The van der Waals surface area contributed by atoms with E-state index < -0.39 is 0 Å².